The monoisotopic (exact) mass is 262 g/mol. The summed E-state index contributed by atoms with van der Waals surface area (Å²) < 4.78 is 0. The van der Waals surface area contributed by atoms with Crippen molar-refractivity contribution in [1.29, 1.82) is 0 Å². The molecule has 0 aromatic carbocycles. The predicted octanol–water partition coefficient (Wildman–Crippen LogP) is -1.62. The van der Waals surface area contributed by atoms with Crippen LogP contribution in [0.2, 0.25) is 0 Å². The van der Waals surface area contributed by atoms with Crippen LogP contribution in [0, 0.1) is 0 Å². The molecule has 0 aliphatic carbocycles. The number of carbonyl (C=O) groups excluding carboxylic acids is 1. The SMILES string of the molecule is C/C(=C\C(=O)O)C(=O)O.NC(=O)C[C@H](N)C(=O)O. The lowest BCUT2D eigenvalue weighted by Crippen LogP contribution is -2.34. The van der Waals surface area contributed by atoms with E-state index in [-0.39, 0.29) is 12.0 Å². The van der Waals surface area contributed by atoms with Crippen LogP contribution < -0.4 is 11.5 Å². The van der Waals surface area contributed by atoms with Gasteiger partial charge < -0.3 is 26.8 Å². The molecule has 0 aliphatic heterocycles. The maximum atomic E-state index is 9.99. The molecule has 0 aromatic rings. The third-order valence-electron chi connectivity index (χ3n) is 1.42. The second-order valence-corrected chi connectivity index (χ2v) is 3.09. The second-order valence-electron chi connectivity index (χ2n) is 3.09. The number of carboxylic acids is 3. The summed E-state index contributed by atoms with van der Waals surface area (Å²) in [5.74, 6) is -4.37. The smallest absolute Gasteiger partial charge is 0.331 e. The standard InChI is InChI=1S/C5H6O4.C4H8N2O3/c1-3(5(8)9)2-4(6)7;5-2(4(8)9)1-3(6)7/h2H,1H3,(H,6,7)(H,8,9);2H,1,5H2,(H2,6,7)(H,8,9)/b3-2+;/t;2-/m.0/s1. The molecule has 0 bridgehead atoms. The lowest BCUT2D eigenvalue weighted by molar-refractivity contribution is -0.140. The van der Waals surface area contributed by atoms with Gasteiger partial charge in [0.25, 0.3) is 0 Å². The molecule has 1 amide bonds. The Bertz CT molecular complexity index is 375. The number of carboxylic acid groups (broad SMARTS) is 3. The van der Waals surface area contributed by atoms with E-state index in [2.05, 4.69) is 5.73 Å². The summed E-state index contributed by atoms with van der Waals surface area (Å²) in [4.78, 5) is 39.6. The third-order valence-corrected chi connectivity index (χ3v) is 1.42. The molecule has 18 heavy (non-hydrogen) atoms. The summed E-state index contributed by atoms with van der Waals surface area (Å²) in [5, 5.41) is 24.2. The molecule has 0 heterocycles. The molecular weight excluding hydrogens is 248 g/mol. The quantitative estimate of drug-likeness (QED) is 0.366. The highest BCUT2D eigenvalue weighted by Gasteiger charge is 2.13. The molecule has 0 aromatic heterocycles. The maximum Gasteiger partial charge on any atom is 0.331 e. The first kappa shape index (κ1) is 18.0. The normalized spacial score (nSPS) is 11.8. The fourth-order valence-electron chi connectivity index (χ4n) is 0.551. The van der Waals surface area contributed by atoms with Crippen molar-refractivity contribution in [2.45, 2.75) is 19.4 Å². The van der Waals surface area contributed by atoms with Crippen molar-refractivity contribution >= 4 is 23.8 Å². The van der Waals surface area contributed by atoms with Crippen molar-refractivity contribution in [3.8, 4) is 0 Å². The first-order chi connectivity index (χ1) is 8.07. The fraction of sp³-hybridized carbons (Fsp3) is 0.333. The Morgan fingerprint density at radius 3 is 1.72 bits per heavy atom. The number of amides is 1. The molecule has 0 saturated heterocycles. The summed E-state index contributed by atoms with van der Waals surface area (Å²) >= 11 is 0. The van der Waals surface area contributed by atoms with Gasteiger partial charge in [0.2, 0.25) is 5.91 Å². The number of hydrogen-bond donors (Lipinski definition) is 5. The van der Waals surface area contributed by atoms with Crippen LogP contribution >= 0.6 is 0 Å². The van der Waals surface area contributed by atoms with Gasteiger partial charge in [0.15, 0.2) is 0 Å². The van der Waals surface area contributed by atoms with E-state index in [9.17, 15) is 19.2 Å². The van der Waals surface area contributed by atoms with Gasteiger partial charge in [-0.3, -0.25) is 9.59 Å². The summed E-state index contributed by atoms with van der Waals surface area (Å²) in [6, 6.07) is -1.16. The maximum absolute atomic E-state index is 9.99. The Hall–Kier alpha value is -2.42. The Labute approximate surface area is 102 Å². The molecule has 0 radical (unpaired) electrons. The van der Waals surface area contributed by atoms with Crippen molar-refractivity contribution in [1.82, 2.24) is 0 Å². The van der Waals surface area contributed by atoms with Crippen molar-refractivity contribution in [2.24, 2.45) is 11.5 Å². The zero-order valence-electron chi connectivity index (χ0n) is 9.49. The molecule has 0 aliphatic rings. The molecule has 9 heteroatoms. The Morgan fingerprint density at radius 2 is 1.61 bits per heavy atom. The highest BCUT2D eigenvalue weighted by Crippen LogP contribution is 1.89. The lowest BCUT2D eigenvalue weighted by atomic mass is 10.2. The van der Waals surface area contributed by atoms with E-state index in [1.54, 1.807) is 0 Å². The van der Waals surface area contributed by atoms with Gasteiger partial charge in [-0.25, -0.2) is 9.59 Å². The van der Waals surface area contributed by atoms with E-state index >= 15 is 0 Å². The molecule has 0 rings (SSSR count). The number of nitrogens with two attached hydrogens (primary N) is 2. The van der Waals surface area contributed by atoms with Gasteiger partial charge >= 0.3 is 17.9 Å². The van der Waals surface area contributed by atoms with Gasteiger partial charge in [0.1, 0.15) is 6.04 Å². The van der Waals surface area contributed by atoms with Gasteiger partial charge in [-0.15, -0.1) is 0 Å². The number of hydrogen-bond acceptors (Lipinski definition) is 5. The van der Waals surface area contributed by atoms with Gasteiger partial charge in [-0.1, -0.05) is 0 Å². The zero-order chi connectivity index (χ0) is 14.9. The number of primary amides is 1. The molecule has 0 fully saturated rings. The van der Waals surface area contributed by atoms with Crippen LogP contribution in [0.15, 0.2) is 11.6 Å². The van der Waals surface area contributed by atoms with Crippen LogP contribution in [0.3, 0.4) is 0 Å². The number of carbonyl (C=O) groups is 4. The molecular formula is C9H14N2O7. The Morgan fingerprint density at radius 1 is 1.17 bits per heavy atom. The largest absolute Gasteiger partial charge is 0.480 e. The molecule has 9 nitrogen and oxygen atoms in total. The van der Waals surface area contributed by atoms with E-state index in [0.29, 0.717) is 6.08 Å². The van der Waals surface area contributed by atoms with Gasteiger partial charge in [-0.2, -0.15) is 0 Å². The van der Waals surface area contributed by atoms with E-state index < -0.39 is 29.9 Å². The van der Waals surface area contributed by atoms with Crippen LogP contribution in [0.5, 0.6) is 0 Å². The second kappa shape index (κ2) is 8.70. The topological polar surface area (TPSA) is 181 Å². The molecule has 0 unspecified atom stereocenters. The predicted molar refractivity (Wildman–Crippen MR) is 58.5 cm³/mol. The van der Waals surface area contributed by atoms with E-state index in [1.165, 1.54) is 6.92 Å². The fourth-order valence-corrected chi connectivity index (χ4v) is 0.551. The van der Waals surface area contributed by atoms with Crippen LogP contribution in [-0.2, 0) is 19.2 Å². The highest BCUT2D eigenvalue weighted by atomic mass is 16.4. The van der Waals surface area contributed by atoms with Crippen molar-refractivity contribution in [3.05, 3.63) is 11.6 Å². The molecule has 102 valence electrons. The van der Waals surface area contributed by atoms with Crippen LogP contribution in [0.4, 0.5) is 0 Å². The van der Waals surface area contributed by atoms with Crippen LogP contribution in [0.25, 0.3) is 0 Å². The summed E-state index contributed by atoms with van der Waals surface area (Å²) in [7, 11) is 0. The molecule has 1 atom stereocenters. The summed E-state index contributed by atoms with van der Waals surface area (Å²) in [6.45, 7) is 1.22. The first-order valence-electron chi connectivity index (χ1n) is 4.49. The average molecular weight is 262 g/mol. The molecule has 0 spiro atoms. The molecule has 0 saturated carbocycles. The Balaban J connectivity index is 0. The van der Waals surface area contributed by atoms with Crippen molar-refractivity contribution in [3.63, 3.8) is 0 Å². The minimum atomic E-state index is -1.24. The van der Waals surface area contributed by atoms with E-state index in [0.717, 1.165) is 0 Å². The zero-order valence-corrected chi connectivity index (χ0v) is 9.49. The highest BCUT2D eigenvalue weighted by molar-refractivity contribution is 5.94. The van der Waals surface area contributed by atoms with Crippen LogP contribution in [0.1, 0.15) is 13.3 Å². The number of aliphatic carboxylic acids is 3. The van der Waals surface area contributed by atoms with E-state index in [4.69, 9.17) is 21.1 Å². The number of rotatable bonds is 5. The average Bonchev–Trinajstić information content (AvgIpc) is 2.16. The first-order valence-corrected chi connectivity index (χ1v) is 4.49. The summed E-state index contributed by atoms with van der Waals surface area (Å²) in [6.07, 6.45) is 0.331. The Kier molecular flexibility index (Phi) is 8.68. The van der Waals surface area contributed by atoms with Crippen LogP contribution in [-0.4, -0.2) is 45.2 Å². The minimum absolute atomic E-state index is 0.178. The minimum Gasteiger partial charge on any atom is -0.480 e. The van der Waals surface area contributed by atoms with Gasteiger partial charge in [-0.05, 0) is 6.92 Å². The van der Waals surface area contributed by atoms with Crippen molar-refractivity contribution in [2.75, 3.05) is 0 Å². The summed E-state index contributed by atoms with van der Waals surface area (Å²) in [5.41, 5.74) is 9.39. The van der Waals surface area contributed by atoms with Gasteiger partial charge in [0.05, 0.1) is 6.42 Å². The molecule has 7 N–H and O–H groups in total. The van der Waals surface area contributed by atoms with Crippen molar-refractivity contribution < 1.29 is 34.5 Å². The van der Waals surface area contributed by atoms with E-state index in [1.807, 2.05) is 0 Å². The third kappa shape index (κ3) is 11.7. The lowest BCUT2D eigenvalue weighted by Gasteiger charge is -1.99. The van der Waals surface area contributed by atoms with Gasteiger partial charge in [0, 0.05) is 11.6 Å².